The molecule has 5 rings (SSSR count). The molecule has 3 aliphatic rings. The summed E-state index contributed by atoms with van der Waals surface area (Å²) < 4.78 is 5.62. The Kier molecular flexibility index (Phi) is 5.77. The smallest absolute Gasteiger partial charge is 0.407 e. The van der Waals surface area contributed by atoms with Gasteiger partial charge in [-0.1, -0.05) is 48.5 Å². The maximum Gasteiger partial charge on any atom is 0.407 e. The Labute approximate surface area is 197 Å². The second-order valence-electron chi connectivity index (χ2n) is 9.54. The number of ether oxygens (including phenoxy) is 1. The Balaban J connectivity index is 1.17. The molecule has 8 heteroatoms. The second-order valence-corrected chi connectivity index (χ2v) is 9.54. The van der Waals surface area contributed by atoms with Crippen LogP contribution in [0.2, 0.25) is 0 Å². The Morgan fingerprint density at radius 2 is 1.68 bits per heavy atom. The first kappa shape index (κ1) is 22.4. The molecule has 3 aliphatic carbocycles. The third-order valence-corrected chi connectivity index (χ3v) is 7.55. The summed E-state index contributed by atoms with van der Waals surface area (Å²) in [6, 6.07) is 15.0. The summed E-state index contributed by atoms with van der Waals surface area (Å²) in [5.74, 6) is -1.38. The van der Waals surface area contributed by atoms with Crippen molar-refractivity contribution in [3.63, 3.8) is 0 Å². The highest BCUT2D eigenvalue weighted by atomic mass is 16.5. The summed E-state index contributed by atoms with van der Waals surface area (Å²) in [5, 5.41) is 23.7. The van der Waals surface area contributed by atoms with E-state index in [0.717, 1.165) is 22.3 Å². The average molecular weight is 465 g/mol. The van der Waals surface area contributed by atoms with Gasteiger partial charge in [0.1, 0.15) is 12.6 Å². The van der Waals surface area contributed by atoms with Gasteiger partial charge in [0.15, 0.2) is 0 Å². The highest BCUT2D eigenvalue weighted by Gasteiger charge is 2.65. The molecule has 34 heavy (non-hydrogen) atoms. The molecule has 0 heterocycles. The third kappa shape index (κ3) is 3.92. The number of aliphatic hydroxyl groups excluding tert-OH is 1. The monoisotopic (exact) mass is 464 g/mol. The molecule has 2 fully saturated rings. The van der Waals surface area contributed by atoms with Crippen molar-refractivity contribution >= 4 is 18.0 Å². The van der Waals surface area contributed by atoms with Crippen LogP contribution in [-0.2, 0) is 14.3 Å². The van der Waals surface area contributed by atoms with Gasteiger partial charge in [-0.15, -0.1) is 0 Å². The topological polar surface area (TPSA) is 125 Å². The maximum absolute atomic E-state index is 12.8. The fourth-order valence-corrected chi connectivity index (χ4v) is 5.78. The SMILES string of the molecule is O=C(NC1CC2CC2(C(=O)N[C@@H](CCO)C(=O)O)C1)OCC1c2ccccc2-c2ccccc21. The van der Waals surface area contributed by atoms with Crippen LogP contribution in [0.25, 0.3) is 11.1 Å². The van der Waals surface area contributed by atoms with Crippen LogP contribution < -0.4 is 10.6 Å². The Bertz CT molecular complexity index is 1090. The number of aliphatic carboxylic acids is 1. The van der Waals surface area contributed by atoms with E-state index in [0.29, 0.717) is 19.3 Å². The lowest BCUT2D eigenvalue weighted by Crippen LogP contribution is -2.45. The van der Waals surface area contributed by atoms with Gasteiger partial charge in [-0.05, 0) is 47.4 Å². The van der Waals surface area contributed by atoms with Crippen molar-refractivity contribution in [3.05, 3.63) is 59.7 Å². The van der Waals surface area contributed by atoms with Gasteiger partial charge < -0.3 is 25.6 Å². The number of carboxylic acids is 1. The minimum absolute atomic E-state index is 0.0215. The van der Waals surface area contributed by atoms with E-state index in [1.807, 2.05) is 24.3 Å². The van der Waals surface area contributed by atoms with Crippen LogP contribution in [-0.4, -0.2) is 53.5 Å². The van der Waals surface area contributed by atoms with Gasteiger partial charge in [-0.25, -0.2) is 9.59 Å². The lowest BCUT2D eigenvalue weighted by molar-refractivity contribution is -0.143. The lowest BCUT2D eigenvalue weighted by Gasteiger charge is -2.21. The number of carboxylic acid groups (broad SMARTS) is 1. The van der Waals surface area contributed by atoms with Gasteiger partial charge >= 0.3 is 12.1 Å². The van der Waals surface area contributed by atoms with Gasteiger partial charge in [0.25, 0.3) is 0 Å². The van der Waals surface area contributed by atoms with Crippen LogP contribution in [0.1, 0.15) is 42.7 Å². The lowest BCUT2D eigenvalue weighted by atomic mass is 9.98. The number of hydrogen-bond donors (Lipinski definition) is 4. The third-order valence-electron chi connectivity index (χ3n) is 7.55. The predicted octanol–water partition coefficient (Wildman–Crippen LogP) is 2.65. The van der Waals surface area contributed by atoms with Crippen LogP contribution in [0.3, 0.4) is 0 Å². The van der Waals surface area contributed by atoms with E-state index in [1.54, 1.807) is 0 Å². The molecule has 3 unspecified atom stereocenters. The molecular weight excluding hydrogens is 436 g/mol. The highest BCUT2D eigenvalue weighted by Crippen LogP contribution is 2.63. The van der Waals surface area contributed by atoms with Crippen LogP contribution in [0.5, 0.6) is 0 Å². The number of alkyl carbamates (subject to hydrolysis) is 1. The summed E-state index contributed by atoms with van der Waals surface area (Å²) in [6.45, 7) is -0.0945. The molecule has 0 bridgehead atoms. The molecule has 8 nitrogen and oxygen atoms in total. The van der Waals surface area contributed by atoms with E-state index in [-0.39, 0.29) is 43.4 Å². The molecule has 0 radical (unpaired) electrons. The van der Waals surface area contributed by atoms with Gasteiger partial charge in [0.05, 0.1) is 5.41 Å². The largest absolute Gasteiger partial charge is 0.480 e. The van der Waals surface area contributed by atoms with Crippen molar-refractivity contribution in [3.8, 4) is 11.1 Å². The van der Waals surface area contributed by atoms with Crippen LogP contribution in [0.4, 0.5) is 4.79 Å². The zero-order chi connectivity index (χ0) is 23.9. The number of carbonyl (C=O) groups is 3. The first-order chi connectivity index (χ1) is 16.4. The molecule has 0 saturated heterocycles. The number of amides is 2. The quantitative estimate of drug-likeness (QED) is 0.476. The molecule has 178 valence electrons. The maximum atomic E-state index is 12.8. The first-order valence-electron chi connectivity index (χ1n) is 11.7. The number of aliphatic hydroxyl groups is 1. The molecule has 4 atom stereocenters. The van der Waals surface area contributed by atoms with E-state index in [9.17, 15) is 19.5 Å². The number of carbonyl (C=O) groups excluding carboxylic acids is 2. The summed E-state index contributed by atoms with van der Waals surface area (Å²) in [5.41, 5.74) is 3.98. The summed E-state index contributed by atoms with van der Waals surface area (Å²) in [6.07, 6.45) is 1.26. The zero-order valence-electron chi connectivity index (χ0n) is 18.7. The number of hydrogen-bond acceptors (Lipinski definition) is 5. The van der Waals surface area contributed by atoms with E-state index < -0.39 is 23.5 Å². The van der Waals surface area contributed by atoms with E-state index in [1.165, 1.54) is 0 Å². The molecular formula is C26H28N2O6. The van der Waals surface area contributed by atoms with Crippen LogP contribution >= 0.6 is 0 Å². The fourth-order valence-electron chi connectivity index (χ4n) is 5.78. The van der Waals surface area contributed by atoms with Crippen molar-refractivity contribution in [2.75, 3.05) is 13.2 Å². The van der Waals surface area contributed by atoms with Crippen molar-refractivity contribution in [1.29, 1.82) is 0 Å². The van der Waals surface area contributed by atoms with Gasteiger partial charge in [-0.3, -0.25) is 4.79 Å². The van der Waals surface area contributed by atoms with Crippen molar-refractivity contribution in [1.82, 2.24) is 10.6 Å². The molecule has 2 saturated carbocycles. The molecule has 2 aromatic carbocycles. The fraction of sp³-hybridized carbons (Fsp3) is 0.423. The number of benzene rings is 2. The minimum Gasteiger partial charge on any atom is -0.480 e. The van der Waals surface area contributed by atoms with Crippen LogP contribution in [0, 0.1) is 11.3 Å². The zero-order valence-corrected chi connectivity index (χ0v) is 18.7. The number of nitrogens with one attached hydrogen (secondary N) is 2. The van der Waals surface area contributed by atoms with E-state index in [4.69, 9.17) is 9.84 Å². The minimum atomic E-state index is -1.16. The van der Waals surface area contributed by atoms with Gasteiger partial charge in [0, 0.05) is 25.0 Å². The van der Waals surface area contributed by atoms with Crippen LogP contribution in [0.15, 0.2) is 48.5 Å². The molecule has 0 aromatic heterocycles. The molecule has 2 aromatic rings. The van der Waals surface area contributed by atoms with Crippen molar-refractivity contribution in [2.24, 2.45) is 11.3 Å². The Morgan fingerprint density at radius 3 is 2.29 bits per heavy atom. The number of fused-ring (bicyclic) bond motifs is 4. The standard InChI is InChI=1S/C26H28N2O6/c29-10-9-22(23(30)31)28-24(32)26-12-15(26)11-16(13-26)27-25(33)34-14-21-19-7-3-1-5-17(19)18-6-2-4-8-20(18)21/h1-8,15-16,21-22,29H,9-14H2,(H,27,33)(H,28,32)(H,30,31)/t15?,16?,22-,26?/m0/s1. The molecule has 2 amide bonds. The summed E-state index contributed by atoms with van der Waals surface area (Å²) in [7, 11) is 0. The van der Waals surface area contributed by atoms with Gasteiger partial charge in [-0.2, -0.15) is 0 Å². The predicted molar refractivity (Wildman–Crippen MR) is 123 cm³/mol. The first-order valence-corrected chi connectivity index (χ1v) is 11.7. The molecule has 0 aliphatic heterocycles. The highest BCUT2D eigenvalue weighted by molar-refractivity contribution is 5.90. The average Bonchev–Trinajstić information content (AvgIpc) is 3.25. The van der Waals surface area contributed by atoms with E-state index in [2.05, 4.69) is 34.9 Å². The molecule has 4 N–H and O–H groups in total. The van der Waals surface area contributed by atoms with Crippen molar-refractivity contribution in [2.45, 2.75) is 43.7 Å². The normalized spacial score (nSPS) is 25.0. The van der Waals surface area contributed by atoms with Crippen molar-refractivity contribution < 1.29 is 29.3 Å². The molecule has 0 spiro atoms. The summed E-state index contributed by atoms with van der Waals surface area (Å²) in [4.78, 5) is 36.7. The second kappa shape index (κ2) is 8.76. The Morgan fingerprint density at radius 1 is 1.03 bits per heavy atom. The Hall–Kier alpha value is -3.39. The van der Waals surface area contributed by atoms with Gasteiger partial charge in [0.2, 0.25) is 5.91 Å². The summed E-state index contributed by atoms with van der Waals surface area (Å²) >= 11 is 0. The van der Waals surface area contributed by atoms with E-state index >= 15 is 0 Å². The number of rotatable bonds is 8.